The highest BCUT2D eigenvalue weighted by Gasteiger charge is 2.24. The van der Waals surface area contributed by atoms with E-state index in [1.54, 1.807) is 52.7 Å². The molecule has 7 heteroatoms. The summed E-state index contributed by atoms with van der Waals surface area (Å²) >= 11 is 0. The van der Waals surface area contributed by atoms with Crippen LogP contribution in [0, 0.1) is 5.82 Å². The minimum Gasteiger partial charge on any atom is -0.341 e. The average Bonchev–Trinajstić information content (AvgIpc) is 3.04. The van der Waals surface area contributed by atoms with Crippen LogP contribution in [0.5, 0.6) is 0 Å². The highest BCUT2D eigenvalue weighted by molar-refractivity contribution is 7.89. The lowest BCUT2D eigenvalue weighted by Gasteiger charge is -2.20. The zero-order chi connectivity index (χ0) is 21.6. The van der Waals surface area contributed by atoms with Gasteiger partial charge in [-0.25, -0.2) is 12.8 Å². The van der Waals surface area contributed by atoms with Crippen molar-refractivity contribution in [1.29, 1.82) is 0 Å². The number of benzene rings is 2. The lowest BCUT2D eigenvalue weighted by atomic mass is 10.1. The standard InChI is InChI=1S/C23H29FN2O3S/c1-25(18-20-6-11-21(24)12-7-20)23(27)15-10-19-8-13-22(14-9-19)30(28,29)26-16-4-2-3-5-17-26/h6-9,11-14H,2-5,10,15-18H2,1H3. The molecule has 0 aromatic heterocycles. The van der Waals surface area contributed by atoms with Gasteiger partial charge in [0.2, 0.25) is 15.9 Å². The van der Waals surface area contributed by atoms with E-state index in [9.17, 15) is 17.6 Å². The molecule has 1 saturated heterocycles. The van der Waals surface area contributed by atoms with Gasteiger partial charge in [0.15, 0.2) is 0 Å². The summed E-state index contributed by atoms with van der Waals surface area (Å²) in [6, 6.07) is 13.0. The topological polar surface area (TPSA) is 57.7 Å². The highest BCUT2D eigenvalue weighted by Crippen LogP contribution is 2.21. The molecule has 1 amide bonds. The van der Waals surface area contributed by atoms with Crippen molar-refractivity contribution in [3.8, 4) is 0 Å². The maximum atomic E-state index is 13.0. The number of hydrogen-bond donors (Lipinski definition) is 0. The number of aryl methyl sites for hydroxylation is 1. The first-order valence-electron chi connectivity index (χ1n) is 10.4. The number of hydrogen-bond acceptors (Lipinski definition) is 3. The Kier molecular flexibility index (Phi) is 7.61. The Balaban J connectivity index is 1.54. The highest BCUT2D eigenvalue weighted by atomic mass is 32.2. The van der Waals surface area contributed by atoms with Gasteiger partial charge in [-0.15, -0.1) is 0 Å². The summed E-state index contributed by atoms with van der Waals surface area (Å²) in [7, 11) is -1.73. The SMILES string of the molecule is CN(Cc1ccc(F)cc1)C(=O)CCc1ccc(S(=O)(=O)N2CCCCCC2)cc1. The number of amides is 1. The molecule has 30 heavy (non-hydrogen) atoms. The van der Waals surface area contributed by atoms with Crippen LogP contribution in [0.1, 0.15) is 43.2 Å². The molecule has 1 fully saturated rings. The Bertz CT molecular complexity index is 935. The maximum absolute atomic E-state index is 13.0. The minimum absolute atomic E-state index is 0.0133. The van der Waals surface area contributed by atoms with E-state index in [1.807, 2.05) is 0 Å². The number of carbonyl (C=O) groups is 1. The lowest BCUT2D eigenvalue weighted by Crippen LogP contribution is -2.31. The monoisotopic (exact) mass is 432 g/mol. The minimum atomic E-state index is -3.45. The molecule has 1 heterocycles. The fraction of sp³-hybridized carbons (Fsp3) is 0.435. The summed E-state index contributed by atoms with van der Waals surface area (Å²) in [5, 5.41) is 0. The average molecular weight is 433 g/mol. The molecular weight excluding hydrogens is 403 g/mol. The maximum Gasteiger partial charge on any atom is 0.243 e. The van der Waals surface area contributed by atoms with Crippen molar-refractivity contribution in [3.63, 3.8) is 0 Å². The summed E-state index contributed by atoms with van der Waals surface area (Å²) in [5.41, 5.74) is 1.80. The van der Waals surface area contributed by atoms with Crippen molar-refractivity contribution in [3.05, 3.63) is 65.5 Å². The van der Waals surface area contributed by atoms with Crippen molar-refractivity contribution in [2.75, 3.05) is 20.1 Å². The Morgan fingerprint density at radius 3 is 2.10 bits per heavy atom. The zero-order valence-electron chi connectivity index (χ0n) is 17.4. The van der Waals surface area contributed by atoms with E-state index in [-0.39, 0.29) is 11.7 Å². The Labute approximate surface area is 178 Å². The molecule has 0 saturated carbocycles. The molecule has 162 valence electrons. The molecule has 5 nitrogen and oxygen atoms in total. The molecule has 0 radical (unpaired) electrons. The predicted octanol–water partition coefficient (Wildman–Crippen LogP) is 3.98. The molecule has 1 aliphatic rings. The molecule has 0 unspecified atom stereocenters. The van der Waals surface area contributed by atoms with E-state index >= 15 is 0 Å². The van der Waals surface area contributed by atoms with Crippen molar-refractivity contribution >= 4 is 15.9 Å². The Morgan fingerprint density at radius 1 is 0.933 bits per heavy atom. The van der Waals surface area contributed by atoms with Crippen LogP contribution < -0.4 is 0 Å². The van der Waals surface area contributed by atoms with E-state index in [0.717, 1.165) is 36.8 Å². The number of carbonyl (C=O) groups excluding carboxylic acids is 1. The first kappa shape index (κ1) is 22.4. The van der Waals surface area contributed by atoms with Crippen molar-refractivity contribution in [2.45, 2.75) is 50.0 Å². The number of halogens is 1. The molecule has 1 aliphatic heterocycles. The Hall–Kier alpha value is -2.25. The van der Waals surface area contributed by atoms with Crippen molar-refractivity contribution < 1.29 is 17.6 Å². The molecule has 0 spiro atoms. The van der Waals surface area contributed by atoms with Crippen LogP contribution in [0.15, 0.2) is 53.4 Å². The summed E-state index contributed by atoms with van der Waals surface area (Å²) in [6.45, 7) is 1.59. The molecule has 0 atom stereocenters. The zero-order valence-corrected chi connectivity index (χ0v) is 18.2. The normalized spacial score (nSPS) is 15.5. The summed E-state index contributed by atoms with van der Waals surface area (Å²) < 4.78 is 40.3. The van der Waals surface area contributed by atoms with Crippen molar-refractivity contribution in [2.24, 2.45) is 0 Å². The molecule has 2 aromatic rings. The van der Waals surface area contributed by atoms with Gasteiger partial charge in [0.25, 0.3) is 0 Å². The quantitative estimate of drug-likeness (QED) is 0.665. The fourth-order valence-corrected chi connectivity index (χ4v) is 5.17. The van der Waals surface area contributed by atoms with Gasteiger partial charge < -0.3 is 4.90 Å². The van der Waals surface area contributed by atoms with E-state index in [2.05, 4.69) is 0 Å². The first-order chi connectivity index (χ1) is 14.4. The molecule has 0 aliphatic carbocycles. The van der Waals surface area contributed by atoms with Crippen LogP contribution >= 0.6 is 0 Å². The summed E-state index contributed by atoms with van der Waals surface area (Å²) in [5.74, 6) is -0.311. The summed E-state index contributed by atoms with van der Waals surface area (Å²) in [4.78, 5) is 14.3. The fourth-order valence-electron chi connectivity index (χ4n) is 3.65. The molecule has 2 aromatic carbocycles. The second kappa shape index (κ2) is 10.2. The number of nitrogens with zero attached hydrogens (tertiary/aromatic N) is 2. The van der Waals surface area contributed by atoms with Crippen LogP contribution in [-0.4, -0.2) is 43.7 Å². The smallest absolute Gasteiger partial charge is 0.243 e. The van der Waals surface area contributed by atoms with Gasteiger partial charge in [-0.3, -0.25) is 4.79 Å². The van der Waals surface area contributed by atoms with Crippen molar-refractivity contribution in [1.82, 2.24) is 9.21 Å². The third-order valence-electron chi connectivity index (χ3n) is 5.51. The third-order valence-corrected chi connectivity index (χ3v) is 7.43. The lowest BCUT2D eigenvalue weighted by molar-refractivity contribution is -0.130. The van der Waals surface area contributed by atoms with Crippen LogP contribution in [0.25, 0.3) is 0 Å². The van der Waals surface area contributed by atoms with Crippen LogP contribution in [0.2, 0.25) is 0 Å². The van der Waals surface area contributed by atoms with Gasteiger partial charge in [0, 0.05) is 33.1 Å². The second-order valence-corrected chi connectivity index (χ2v) is 9.78. The van der Waals surface area contributed by atoms with Gasteiger partial charge >= 0.3 is 0 Å². The third kappa shape index (κ3) is 5.89. The van der Waals surface area contributed by atoms with Crippen LogP contribution in [-0.2, 0) is 27.8 Å². The van der Waals surface area contributed by atoms with Crippen LogP contribution in [0.3, 0.4) is 0 Å². The molecular formula is C23H29FN2O3S. The molecule has 0 N–H and O–H groups in total. The van der Waals surface area contributed by atoms with Gasteiger partial charge in [0.05, 0.1) is 4.90 Å². The van der Waals surface area contributed by atoms with E-state index < -0.39 is 10.0 Å². The van der Waals surface area contributed by atoms with Gasteiger partial charge in [0.1, 0.15) is 5.82 Å². The van der Waals surface area contributed by atoms with Gasteiger partial charge in [-0.1, -0.05) is 37.1 Å². The first-order valence-corrected chi connectivity index (χ1v) is 11.9. The van der Waals surface area contributed by atoms with Gasteiger partial charge in [-0.05, 0) is 54.7 Å². The Morgan fingerprint density at radius 2 is 1.50 bits per heavy atom. The summed E-state index contributed by atoms with van der Waals surface area (Å²) in [6.07, 6.45) is 4.84. The van der Waals surface area contributed by atoms with E-state index in [0.29, 0.717) is 37.4 Å². The van der Waals surface area contributed by atoms with Crippen LogP contribution in [0.4, 0.5) is 4.39 Å². The second-order valence-electron chi connectivity index (χ2n) is 7.84. The number of rotatable bonds is 7. The van der Waals surface area contributed by atoms with E-state index in [1.165, 1.54) is 12.1 Å². The molecule has 0 bridgehead atoms. The largest absolute Gasteiger partial charge is 0.341 e. The van der Waals surface area contributed by atoms with Gasteiger partial charge in [-0.2, -0.15) is 4.31 Å². The molecule has 3 rings (SSSR count). The number of sulfonamides is 1. The van der Waals surface area contributed by atoms with E-state index in [4.69, 9.17) is 0 Å². The predicted molar refractivity (Wildman–Crippen MR) is 115 cm³/mol.